The highest BCUT2D eigenvalue weighted by atomic mass is 19.1. The van der Waals surface area contributed by atoms with Crippen molar-refractivity contribution in [1.29, 1.82) is 0 Å². The van der Waals surface area contributed by atoms with Crippen LogP contribution in [0.25, 0.3) is 0 Å². The molecule has 0 aliphatic carbocycles. The number of halogens is 2. The zero-order valence-electron chi connectivity index (χ0n) is 7.71. The topological polar surface area (TPSA) is 46.2 Å². The summed E-state index contributed by atoms with van der Waals surface area (Å²) in [6.07, 6.45) is -0.229. The van der Waals surface area contributed by atoms with Crippen molar-refractivity contribution in [3.8, 4) is 0 Å². The van der Waals surface area contributed by atoms with Crippen molar-refractivity contribution in [3.05, 3.63) is 35.4 Å². The van der Waals surface area contributed by atoms with Crippen LogP contribution >= 0.6 is 0 Å². The molecule has 2 nitrogen and oxygen atoms in total. The van der Waals surface area contributed by atoms with Gasteiger partial charge in [0, 0.05) is 6.42 Å². The summed E-state index contributed by atoms with van der Waals surface area (Å²) >= 11 is 0. The van der Waals surface area contributed by atoms with Crippen LogP contribution in [-0.2, 0) is 6.42 Å². The van der Waals surface area contributed by atoms with Crippen LogP contribution in [-0.4, -0.2) is 17.8 Å². The summed E-state index contributed by atoms with van der Waals surface area (Å²) in [4.78, 5) is 0. The van der Waals surface area contributed by atoms with Crippen LogP contribution < -0.4 is 5.73 Å². The van der Waals surface area contributed by atoms with Crippen LogP contribution in [0.2, 0.25) is 0 Å². The third-order valence-electron chi connectivity index (χ3n) is 1.96. The molecule has 0 spiro atoms. The first kappa shape index (κ1) is 11.1. The van der Waals surface area contributed by atoms with Crippen LogP contribution in [0.1, 0.15) is 12.0 Å². The van der Waals surface area contributed by atoms with Crippen LogP contribution in [0.4, 0.5) is 8.78 Å². The number of hydrogen-bond donors (Lipinski definition) is 2. The lowest BCUT2D eigenvalue weighted by Crippen LogP contribution is -2.16. The largest absolute Gasteiger partial charge is 0.393 e. The molecule has 0 saturated carbocycles. The molecule has 0 bridgehead atoms. The Balaban J connectivity index is 2.70. The molecule has 4 heteroatoms. The molecular formula is C10H13F2NO. The molecule has 0 aliphatic heterocycles. The molecular weight excluding hydrogens is 188 g/mol. The second-order valence-electron chi connectivity index (χ2n) is 3.17. The number of nitrogens with two attached hydrogens (primary N) is 1. The van der Waals surface area contributed by atoms with E-state index >= 15 is 0 Å². The molecule has 1 unspecified atom stereocenters. The van der Waals surface area contributed by atoms with Crippen molar-refractivity contribution in [2.45, 2.75) is 18.9 Å². The van der Waals surface area contributed by atoms with E-state index in [1.807, 2.05) is 0 Å². The minimum atomic E-state index is -0.712. The first-order valence-corrected chi connectivity index (χ1v) is 4.45. The second kappa shape index (κ2) is 5.02. The van der Waals surface area contributed by atoms with E-state index in [9.17, 15) is 13.9 Å². The molecule has 0 radical (unpaired) electrons. The van der Waals surface area contributed by atoms with Crippen LogP contribution in [0.5, 0.6) is 0 Å². The fourth-order valence-corrected chi connectivity index (χ4v) is 1.25. The predicted octanol–water partition coefficient (Wildman–Crippen LogP) is 1.22. The normalized spacial score (nSPS) is 12.9. The van der Waals surface area contributed by atoms with E-state index in [0.717, 1.165) is 18.2 Å². The van der Waals surface area contributed by atoms with Crippen molar-refractivity contribution in [3.63, 3.8) is 0 Å². The predicted molar refractivity (Wildman–Crippen MR) is 49.7 cm³/mol. The minimum Gasteiger partial charge on any atom is -0.393 e. The number of hydrogen-bond acceptors (Lipinski definition) is 2. The lowest BCUT2D eigenvalue weighted by molar-refractivity contribution is 0.166. The number of rotatable bonds is 4. The maximum atomic E-state index is 13.1. The Morgan fingerprint density at radius 2 is 2.07 bits per heavy atom. The van der Waals surface area contributed by atoms with Crippen molar-refractivity contribution in [2.24, 2.45) is 5.73 Å². The maximum Gasteiger partial charge on any atom is 0.126 e. The Bertz CT molecular complexity index is 304. The number of aliphatic hydroxyl groups is 1. The van der Waals surface area contributed by atoms with Gasteiger partial charge in [0.05, 0.1) is 6.10 Å². The third kappa shape index (κ3) is 3.05. The Hall–Kier alpha value is -1.00. The summed E-state index contributed by atoms with van der Waals surface area (Å²) < 4.78 is 25.8. The van der Waals surface area contributed by atoms with Gasteiger partial charge in [-0.1, -0.05) is 0 Å². The van der Waals surface area contributed by atoms with Gasteiger partial charge < -0.3 is 10.8 Å². The second-order valence-corrected chi connectivity index (χ2v) is 3.17. The van der Waals surface area contributed by atoms with Gasteiger partial charge in [-0.2, -0.15) is 0 Å². The van der Waals surface area contributed by atoms with E-state index in [4.69, 9.17) is 5.73 Å². The van der Waals surface area contributed by atoms with Gasteiger partial charge in [-0.3, -0.25) is 0 Å². The molecule has 0 aliphatic rings. The lowest BCUT2D eigenvalue weighted by atomic mass is 10.1. The van der Waals surface area contributed by atoms with E-state index in [0.29, 0.717) is 13.0 Å². The monoisotopic (exact) mass is 201 g/mol. The summed E-state index contributed by atoms with van der Waals surface area (Å²) in [6, 6.07) is 3.20. The van der Waals surface area contributed by atoms with E-state index in [1.54, 1.807) is 0 Å². The molecule has 14 heavy (non-hydrogen) atoms. The highest BCUT2D eigenvalue weighted by Gasteiger charge is 2.09. The molecule has 1 aromatic rings. The van der Waals surface area contributed by atoms with Gasteiger partial charge in [-0.15, -0.1) is 0 Å². The summed E-state index contributed by atoms with van der Waals surface area (Å²) in [6.45, 7) is 0.331. The molecule has 0 fully saturated rings. The molecule has 3 N–H and O–H groups in total. The van der Waals surface area contributed by atoms with Gasteiger partial charge in [-0.25, -0.2) is 8.78 Å². The highest BCUT2D eigenvalue weighted by Crippen LogP contribution is 2.12. The lowest BCUT2D eigenvalue weighted by Gasteiger charge is -2.09. The Morgan fingerprint density at radius 3 is 2.71 bits per heavy atom. The van der Waals surface area contributed by atoms with Crippen molar-refractivity contribution < 1.29 is 13.9 Å². The summed E-state index contributed by atoms with van der Waals surface area (Å²) in [5.41, 5.74) is 5.41. The van der Waals surface area contributed by atoms with Crippen molar-refractivity contribution in [1.82, 2.24) is 0 Å². The average molecular weight is 201 g/mol. The van der Waals surface area contributed by atoms with Gasteiger partial charge in [-0.05, 0) is 36.7 Å². The average Bonchev–Trinajstić information content (AvgIpc) is 2.12. The van der Waals surface area contributed by atoms with Crippen LogP contribution in [0.15, 0.2) is 18.2 Å². The van der Waals surface area contributed by atoms with Crippen molar-refractivity contribution >= 4 is 0 Å². The minimum absolute atomic E-state index is 0.0980. The fraction of sp³-hybridized carbons (Fsp3) is 0.400. The standard InChI is InChI=1S/C10H13F2NO/c11-8-1-2-10(12)7(5-8)6-9(14)3-4-13/h1-2,5,9,14H,3-4,6,13H2. The van der Waals surface area contributed by atoms with E-state index in [-0.39, 0.29) is 12.0 Å². The van der Waals surface area contributed by atoms with Gasteiger partial charge in [0.2, 0.25) is 0 Å². The number of benzene rings is 1. The SMILES string of the molecule is NCCC(O)Cc1cc(F)ccc1F. The summed E-state index contributed by atoms with van der Waals surface area (Å²) in [5, 5.41) is 9.35. The number of aliphatic hydroxyl groups excluding tert-OH is 1. The highest BCUT2D eigenvalue weighted by molar-refractivity contribution is 5.19. The first-order valence-electron chi connectivity index (χ1n) is 4.45. The van der Waals surface area contributed by atoms with E-state index in [1.165, 1.54) is 0 Å². The smallest absolute Gasteiger partial charge is 0.126 e. The van der Waals surface area contributed by atoms with Gasteiger partial charge in [0.1, 0.15) is 11.6 Å². The van der Waals surface area contributed by atoms with Crippen molar-refractivity contribution in [2.75, 3.05) is 6.54 Å². The molecule has 0 aromatic heterocycles. The summed E-state index contributed by atoms with van der Waals surface area (Å²) in [7, 11) is 0. The van der Waals surface area contributed by atoms with Crippen LogP contribution in [0, 0.1) is 11.6 Å². The zero-order chi connectivity index (χ0) is 10.6. The first-order chi connectivity index (χ1) is 6.63. The van der Waals surface area contributed by atoms with E-state index in [2.05, 4.69) is 0 Å². The quantitative estimate of drug-likeness (QED) is 0.769. The fourth-order valence-electron chi connectivity index (χ4n) is 1.25. The zero-order valence-corrected chi connectivity index (χ0v) is 7.71. The third-order valence-corrected chi connectivity index (χ3v) is 1.96. The molecule has 1 rings (SSSR count). The molecule has 0 amide bonds. The van der Waals surface area contributed by atoms with Gasteiger partial charge in [0.15, 0.2) is 0 Å². The Kier molecular flexibility index (Phi) is 3.98. The Labute approximate surface area is 81.4 Å². The van der Waals surface area contributed by atoms with Gasteiger partial charge in [0.25, 0.3) is 0 Å². The maximum absolute atomic E-state index is 13.1. The van der Waals surface area contributed by atoms with Crippen LogP contribution in [0.3, 0.4) is 0 Å². The van der Waals surface area contributed by atoms with Gasteiger partial charge >= 0.3 is 0 Å². The Morgan fingerprint density at radius 1 is 1.36 bits per heavy atom. The molecule has 1 aromatic carbocycles. The molecule has 0 saturated heterocycles. The molecule has 1 atom stereocenters. The summed E-state index contributed by atoms with van der Waals surface area (Å²) in [5.74, 6) is -0.996. The van der Waals surface area contributed by atoms with E-state index < -0.39 is 17.7 Å². The molecule has 78 valence electrons. The molecule has 0 heterocycles.